The Morgan fingerprint density at radius 3 is 2.90 bits per heavy atom. The van der Waals surface area contributed by atoms with Crippen molar-refractivity contribution in [3.05, 3.63) is 53.4 Å². The van der Waals surface area contributed by atoms with Crippen molar-refractivity contribution >= 4 is 18.3 Å². The molecule has 1 aromatic carbocycles. The molecule has 1 saturated heterocycles. The van der Waals surface area contributed by atoms with Gasteiger partial charge >= 0.3 is 0 Å². The quantitative estimate of drug-likeness (QED) is 0.640. The topological polar surface area (TPSA) is 97.9 Å². The van der Waals surface area contributed by atoms with E-state index in [1.54, 1.807) is 36.9 Å². The summed E-state index contributed by atoms with van der Waals surface area (Å²) in [5, 5.41) is 14.4. The van der Waals surface area contributed by atoms with E-state index in [4.69, 9.17) is 4.52 Å². The Kier molecular flexibility index (Phi) is 6.52. The Bertz CT molecular complexity index is 1040. The van der Waals surface area contributed by atoms with E-state index < -0.39 is 6.04 Å². The standard InChI is InChI=1S/C20H23FN6O2.ClH/c1-11-6-13(4-5-17(11)21)18-25-20(29-26-18)12(2)24-19(28)16-9-22-8-15(16)14-7-23-27(3)10-14;/h4-7,10,12,15-16,22H,8-9H2,1-3H3,(H,24,28);1H/t12?,15-,16+;/m1./s1. The SMILES string of the molecule is Cc1cc(-c2noc(C(C)NC(=O)[C@H]3CNC[C@@H]3c3cnn(C)c3)n2)ccc1F.Cl. The fourth-order valence-electron chi connectivity index (χ4n) is 3.63. The van der Waals surface area contributed by atoms with E-state index in [1.165, 1.54) is 6.07 Å². The Morgan fingerprint density at radius 2 is 2.20 bits per heavy atom. The van der Waals surface area contributed by atoms with Gasteiger partial charge in [-0.3, -0.25) is 9.48 Å². The van der Waals surface area contributed by atoms with E-state index in [-0.39, 0.29) is 36.0 Å². The summed E-state index contributed by atoms with van der Waals surface area (Å²) < 4.78 is 20.5. The number of carbonyl (C=O) groups excluding carboxylic acids is 1. The number of hydrogen-bond acceptors (Lipinski definition) is 6. The lowest BCUT2D eigenvalue weighted by Gasteiger charge is -2.18. The van der Waals surface area contributed by atoms with Gasteiger partial charge in [0.25, 0.3) is 0 Å². The molecule has 30 heavy (non-hydrogen) atoms. The van der Waals surface area contributed by atoms with Crippen LogP contribution in [0.4, 0.5) is 4.39 Å². The second-order valence-corrected chi connectivity index (χ2v) is 7.47. The number of rotatable bonds is 5. The van der Waals surface area contributed by atoms with Crippen LogP contribution in [0.2, 0.25) is 0 Å². The predicted octanol–water partition coefficient (Wildman–Crippen LogP) is 2.52. The number of halogens is 2. The third kappa shape index (κ3) is 4.36. The zero-order chi connectivity index (χ0) is 20.5. The molecule has 160 valence electrons. The fourth-order valence-corrected chi connectivity index (χ4v) is 3.63. The maximum absolute atomic E-state index is 13.5. The highest BCUT2D eigenvalue weighted by Gasteiger charge is 2.35. The van der Waals surface area contributed by atoms with Gasteiger partial charge in [-0.15, -0.1) is 12.4 Å². The van der Waals surface area contributed by atoms with Crippen molar-refractivity contribution in [3.63, 3.8) is 0 Å². The van der Waals surface area contributed by atoms with E-state index >= 15 is 0 Å². The zero-order valence-electron chi connectivity index (χ0n) is 16.9. The zero-order valence-corrected chi connectivity index (χ0v) is 17.7. The van der Waals surface area contributed by atoms with Gasteiger partial charge in [0.2, 0.25) is 17.6 Å². The molecule has 3 aromatic rings. The van der Waals surface area contributed by atoms with Gasteiger partial charge in [-0.05, 0) is 43.2 Å². The smallest absolute Gasteiger partial charge is 0.249 e. The largest absolute Gasteiger partial charge is 0.344 e. The van der Waals surface area contributed by atoms with Crippen molar-refractivity contribution in [2.75, 3.05) is 13.1 Å². The summed E-state index contributed by atoms with van der Waals surface area (Å²) >= 11 is 0. The van der Waals surface area contributed by atoms with E-state index in [0.29, 0.717) is 29.4 Å². The lowest BCUT2D eigenvalue weighted by atomic mass is 9.90. The number of amides is 1. The summed E-state index contributed by atoms with van der Waals surface area (Å²) in [6.45, 7) is 4.80. The van der Waals surface area contributed by atoms with Crippen LogP contribution in [-0.2, 0) is 11.8 Å². The molecule has 4 rings (SSSR count). The molecular formula is C20H24ClFN6O2. The molecule has 3 heterocycles. The summed E-state index contributed by atoms with van der Waals surface area (Å²) in [4.78, 5) is 17.2. The molecule has 2 N–H and O–H groups in total. The van der Waals surface area contributed by atoms with Crippen LogP contribution in [0.25, 0.3) is 11.4 Å². The molecule has 1 aliphatic rings. The third-order valence-corrected chi connectivity index (χ3v) is 5.29. The summed E-state index contributed by atoms with van der Waals surface area (Å²) in [7, 11) is 1.86. The van der Waals surface area contributed by atoms with E-state index in [0.717, 1.165) is 12.1 Å². The normalized spacial score (nSPS) is 19.3. The number of aryl methyl sites for hydroxylation is 2. The maximum atomic E-state index is 13.5. The van der Waals surface area contributed by atoms with Crippen LogP contribution < -0.4 is 10.6 Å². The van der Waals surface area contributed by atoms with Gasteiger partial charge < -0.3 is 15.2 Å². The van der Waals surface area contributed by atoms with Crippen LogP contribution >= 0.6 is 12.4 Å². The number of aromatic nitrogens is 4. The van der Waals surface area contributed by atoms with Crippen LogP contribution in [0.5, 0.6) is 0 Å². The molecule has 0 radical (unpaired) electrons. The number of carbonyl (C=O) groups is 1. The van der Waals surface area contributed by atoms with Crippen molar-refractivity contribution in [2.45, 2.75) is 25.8 Å². The first-order chi connectivity index (χ1) is 13.9. The molecule has 0 aliphatic carbocycles. The molecule has 8 nitrogen and oxygen atoms in total. The van der Waals surface area contributed by atoms with Gasteiger partial charge in [0.05, 0.1) is 12.1 Å². The molecule has 0 bridgehead atoms. The van der Waals surface area contributed by atoms with Crippen LogP contribution in [0, 0.1) is 18.7 Å². The first kappa shape index (κ1) is 21.9. The second kappa shape index (κ2) is 8.93. The number of nitrogens with one attached hydrogen (secondary N) is 2. The molecule has 0 spiro atoms. The summed E-state index contributed by atoms with van der Waals surface area (Å²) in [5.74, 6) is 0.166. The highest BCUT2D eigenvalue weighted by molar-refractivity contribution is 5.85. The minimum absolute atomic E-state index is 0. The average Bonchev–Trinajstić information content (AvgIpc) is 3.43. The first-order valence-electron chi connectivity index (χ1n) is 9.52. The van der Waals surface area contributed by atoms with Crippen molar-refractivity contribution < 1.29 is 13.7 Å². The number of hydrogen-bond donors (Lipinski definition) is 2. The monoisotopic (exact) mass is 434 g/mol. The molecule has 10 heteroatoms. The fraction of sp³-hybridized carbons (Fsp3) is 0.400. The molecular weight excluding hydrogens is 411 g/mol. The molecule has 1 amide bonds. The number of nitrogens with zero attached hydrogens (tertiary/aromatic N) is 4. The first-order valence-corrected chi connectivity index (χ1v) is 9.52. The lowest BCUT2D eigenvalue weighted by molar-refractivity contribution is -0.125. The van der Waals surface area contributed by atoms with Gasteiger partial charge in [-0.1, -0.05) is 5.16 Å². The highest BCUT2D eigenvalue weighted by atomic mass is 35.5. The van der Waals surface area contributed by atoms with Crippen molar-refractivity contribution in [2.24, 2.45) is 13.0 Å². The third-order valence-electron chi connectivity index (χ3n) is 5.29. The average molecular weight is 435 g/mol. The minimum Gasteiger partial charge on any atom is -0.344 e. The minimum atomic E-state index is -0.444. The van der Waals surface area contributed by atoms with Gasteiger partial charge in [0, 0.05) is 37.8 Å². The van der Waals surface area contributed by atoms with Gasteiger partial charge in [0.1, 0.15) is 11.9 Å². The highest BCUT2D eigenvalue weighted by Crippen LogP contribution is 2.29. The van der Waals surface area contributed by atoms with Crippen LogP contribution in [0.1, 0.15) is 35.9 Å². The second-order valence-electron chi connectivity index (χ2n) is 7.47. The molecule has 1 unspecified atom stereocenters. The Labute approximate surface area is 179 Å². The molecule has 1 fully saturated rings. The Morgan fingerprint density at radius 1 is 1.40 bits per heavy atom. The number of benzene rings is 1. The Balaban J connectivity index is 0.00000256. The van der Waals surface area contributed by atoms with Gasteiger partial charge in [-0.25, -0.2) is 4.39 Å². The molecule has 1 aliphatic heterocycles. The van der Waals surface area contributed by atoms with Gasteiger partial charge in [0.15, 0.2) is 0 Å². The van der Waals surface area contributed by atoms with Crippen molar-refractivity contribution in [3.8, 4) is 11.4 Å². The van der Waals surface area contributed by atoms with Crippen LogP contribution in [0.3, 0.4) is 0 Å². The van der Waals surface area contributed by atoms with Crippen molar-refractivity contribution in [1.82, 2.24) is 30.6 Å². The molecule has 3 atom stereocenters. The van der Waals surface area contributed by atoms with Crippen LogP contribution in [0.15, 0.2) is 35.1 Å². The summed E-state index contributed by atoms with van der Waals surface area (Å²) in [6.07, 6.45) is 3.74. The van der Waals surface area contributed by atoms with Gasteiger partial charge in [-0.2, -0.15) is 10.1 Å². The lowest BCUT2D eigenvalue weighted by Crippen LogP contribution is -2.36. The van der Waals surface area contributed by atoms with E-state index in [1.807, 2.05) is 13.2 Å². The molecule has 2 aromatic heterocycles. The van der Waals surface area contributed by atoms with E-state index in [9.17, 15) is 9.18 Å². The molecule has 0 saturated carbocycles. The maximum Gasteiger partial charge on any atom is 0.249 e. The predicted molar refractivity (Wildman–Crippen MR) is 111 cm³/mol. The summed E-state index contributed by atoms with van der Waals surface area (Å²) in [6, 6.07) is 4.19. The van der Waals surface area contributed by atoms with E-state index in [2.05, 4.69) is 25.9 Å². The van der Waals surface area contributed by atoms with Crippen molar-refractivity contribution in [1.29, 1.82) is 0 Å². The Hall–Kier alpha value is -2.78. The summed E-state index contributed by atoms with van der Waals surface area (Å²) in [5.41, 5.74) is 2.21. The van der Waals surface area contributed by atoms with Crippen LogP contribution in [-0.4, -0.2) is 38.9 Å².